The third kappa shape index (κ3) is 3.22. The molecule has 0 fully saturated rings. The molecule has 0 spiro atoms. The van der Waals surface area contributed by atoms with Crippen molar-refractivity contribution in [1.82, 2.24) is 9.38 Å². The molecule has 0 aliphatic rings. The van der Waals surface area contributed by atoms with E-state index >= 15 is 0 Å². The zero-order chi connectivity index (χ0) is 18.1. The van der Waals surface area contributed by atoms with Gasteiger partial charge in [-0.1, -0.05) is 36.4 Å². The number of amides is 1. The number of fused-ring (bicyclic) bond motifs is 1. The molecule has 26 heavy (non-hydrogen) atoms. The smallest absolute Gasteiger partial charge is 0.255 e. The number of imidazole rings is 1. The molecule has 0 radical (unpaired) electrons. The standard InChI is InChI=1S/C22H19N3O/c1-15-10-16(2)12-19(11-15)23-22(26)18-8-9-25-14-20(24-21(25)13-18)17-6-4-3-5-7-17/h3-14H,1-2H3,(H,23,26). The van der Waals surface area contributed by atoms with Crippen LogP contribution in [0.5, 0.6) is 0 Å². The number of nitrogens with one attached hydrogen (secondary N) is 1. The Morgan fingerprint density at radius 1 is 0.962 bits per heavy atom. The molecular weight excluding hydrogens is 322 g/mol. The highest BCUT2D eigenvalue weighted by atomic mass is 16.1. The van der Waals surface area contributed by atoms with E-state index in [1.54, 1.807) is 6.07 Å². The molecule has 0 aliphatic heterocycles. The van der Waals surface area contributed by atoms with Crippen LogP contribution in [0, 0.1) is 13.8 Å². The molecule has 0 atom stereocenters. The summed E-state index contributed by atoms with van der Waals surface area (Å²) in [7, 11) is 0. The second-order valence-electron chi connectivity index (χ2n) is 6.50. The minimum atomic E-state index is -0.137. The van der Waals surface area contributed by atoms with Gasteiger partial charge in [-0.15, -0.1) is 0 Å². The number of hydrogen-bond acceptors (Lipinski definition) is 2. The van der Waals surface area contributed by atoms with E-state index in [1.807, 2.05) is 79.2 Å². The molecule has 0 bridgehead atoms. The molecule has 4 nitrogen and oxygen atoms in total. The summed E-state index contributed by atoms with van der Waals surface area (Å²) in [6.45, 7) is 4.04. The van der Waals surface area contributed by atoms with Gasteiger partial charge in [0.2, 0.25) is 0 Å². The fourth-order valence-electron chi connectivity index (χ4n) is 3.12. The average Bonchev–Trinajstić information content (AvgIpc) is 3.05. The normalized spacial score (nSPS) is 10.8. The lowest BCUT2D eigenvalue weighted by atomic mass is 10.1. The molecule has 1 amide bonds. The largest absolute Gasteiger partial charge is 0.322 e. The monoisotopic (exact) mass is 341 g/mol. The van der Waals surface area contributed by atoms with Crippen LogP contribution in [-0.4, -0.2) is 15.3 Å². The SMILES string of the molecule is Cc1cc(C)cc(NC(=O)c2ccn3cc(-c4ccccc4)nc3c2)c1. The second-order valence-corrected chi connectivity index (χ2v) is 6.50. The van der Waals surface area contributed by atoms with Crippen LogP contribution in [0.1, 0.15) is 21.5 Å². The highest BCUT2D eigenvalue weighted by Crippen LogP contribution is 2.20. The minimum Gasteiger partial charge on any atom is -0.322 e. The summed E-state index contributed by atoms with van der Waals surface area (Å²) in [4.78, 5) is 17.3. The van der Waals surface area contributed by atoms with Gasteiger partial charge in [0.15, 0.2) is 0 Å². The summed E-state index contributed by atoms with van der Waals surface area (Å²) in [6.07, 6.45) is 3.83. The van der Waals surface area contributed by atoms with Crippen LogP contribution in [0.15, 0.2) is 73.1 Å². The van der Waals surface area contributed by atoms with Gasteiger partial charge in [0.25, 0.3) is 5.91 Å². The number of carbonyl (C=O) groups is 1. The number of carbonyl (C=O) groups excluding carboxylic acids is 1. The minimum absolute atomic E-state index is 0.137. The lowest BCUT2D eigenvalue weighted by Crippen LogP contribution is -2.12. The Hall–Kier alpha value is -3.40. The van der Waals surface area contributed by atoms with E-state index in [1.165, 1.54) is 0 Å². The fourth-order valence-corrected chi connectivity index (χ4v) is 3.12. The third-order valence-electron chi connectivity index (χ3n) is 4.27. The van der Waals surface area contributed by atoms with Crippen molar-refractivity contribution in [2.24, 2.45) is 0 Å². The van der Waals surface area contributed by atoms with Crippen molar-refractivity contribution in [3.8, 4) is 11.3 Å². The zero-order valence-electron chi connectivity index (χ0n) is 14.7. The molecule has 0 saturated heterocycles. The number of aromatic nitrogens is 2. The maximum absolute atomic E-state index is 12.6. The summed E-state index contributed by atoms with van der Waals surface area (Å²) in [5.74, 6) is -0.137. The molecular formula is C22H19N3O. The van der Waals surface area contributed by atoms with Gasteiger partial charge < -0.3 is 9.72 Å². The van der Waals surface area contributed by atoms with E-state index < -0.39 is 0 Å². The Morgan fingerprint density at radius 2 is 1.69 bits per heavy atom. The van der Waals surface area contributed by atoms with Crippen molar-refractivity contribution in [1.29, 1.82) is 0 Å². The third-order valence-corrected chi connectivity index (χ3v) is 4.27. The van der Waals surface area contributed by atoms with Crippen molar-refractivity contribution < 1.29 is 4.79 Å². The topological polar surface area (TPSA) is 46.4 Å². The van der Waals surface area contributed by atoms with Gasteiger partial charge in [0, 0.05) is 29.2 Å². The molecule has 0 unspecified atom stereocenters. The zero-order valence-corrected chi connectivity index (χ0v) is 14.7. The van der Waals surface area contributed by atoms with E-state index in [-0.39, 0.29) is 5.91 Å². The summed E-state index contributed by atoms with van der Waals surface area (Å²) in [6, 6.07) is 19.6. The van der Waals surface area contributed by atoms with Crippen molar-refractivity contribution in [3.63, 3.8) is 0 Å². The lowest BCUT2D eigenvalue weighted by Gasteiger charge is -2.08. The number of nitrogens with zero attached hydrogens (tertiary/aromatic N) is 2. The Bertz CT molecular complexity index is 1080. The number of hydrogen-bond donors (Lipinski definition) is 1. The number of pyridine rings is 1. The maximum atomic E-state index is 12.6. The first-order chi connectivity index (χ1) is 12.6. The Labute approximate surface area is 152 Å². The second kappa shape index (κ2) is 6.48. The van der Waals surface area contributed by atoms with Gasteiger partial charge in [0.05, 0.1) is 5.69 Å². The number of benzene rings is 2. The summed E-state index contributed by atoms with van der Waals surface area (Å²) >= 11 is 0. The Balaban J connectivity index is 1.63. The van der Waals surface area contributed by atoms with E-state index in [0.29, 0.717) is 5.56 Å². The molecule has 1 N–H and O–H groups in total. The van der Waals surface area contributed by atoms with Crippen LogP contribution in [0.3, 0.4) is 0 Å². The molecule has 4 aromatic rings. The van der Waals surface area contributed by atoms with Gasteiger partial charge in [-0.05, 0) is 49.2 Å². The highest BCUT2D eigenvalue weighted by Gasteiger charge is 2.10. The number of rotatable bonds is 3. The van der Waals surface area contributed by atoms with Crippen molar-refractivity contribution in [3.05, 3.63) is 89.7 Å². The predicted octanol–water partition coefficient (Wildman–Crippen LogP) is 4.87. The van der Waals surface area contributed by atoms with Crippen LogP contribution in [0.25, 0.3) is 16.9 Å². The van der Waals surface area contributed by atoms with E-state index in [9.17, 15) is 4.79 Å². The Morgan fingerprint density at radius 3 is 2.42 bits per heavy atom. The van der Waals surface area contributed by atoms with Gasteiger partial charge in [-0.2, -0.15) is 0 Å². The maximum Gasteiger partial charge on any atom is 0.255 e. The van der Waals surface area contributed by atoms with Crippen molar-refractivity contribution in [2.75, 3.05) is 5.32 Å². The fraction of sp³-hybridized carbons (Fsp3) is 0.0909. The first-order valence-corrected chi connectivity index (χ1v) is 8.52. The van der Waals surface area contributed by atoms with E-state index in [4.69, 9.17) is 0 Å². The Kier molecular flexibility index (Phi) is 4.01. The highest BCUT2D eigenvalue weighted by molar-refractivity contribution is 6.04. The summed E-state index contributed by atoms with van der Waals surface area (Å²) in [5.41, 5.74) is 6.32. The van der Waals surface area contributed by atoms with Crippen LogP contribution < -0.4 is 5.32 Å². The van der Waals surface area contributed by atoms with Crippen LogP contribution in [-0.2, 0) is 0 Å². The van der Waals surface area contributed by atoms with Crippen LogP contribution in [0.2, 0.25) is 0 Å². The summed E-state index contributed by atoms with van der Waals surface area (Å²) < 4.78 is 1.93. The molecule has 128 valence electrons. The molecule has 0 aliphatic carbocycles. The molecule has 2 heterocycles. The first-order valence-electron chi connectivity index (χ1n) is 8.52. The van der Waals surface area contributed by atoms with Gasteiger partial charge in [-0.25, -0.2) is 4.98 Å². The molecule has 2 aromatic heterocycles. The average molecular weight is 341 g/mol. The van der Waals surface area contributed by atoms with E-state index in [0.717, 1.165) is 33.7 Å². The summed E-state index contributed by atoms with van der Waals surface area (Å²) in [5, 5.41) is 2.97. The molecule has 4 heteroatoms. The van der Waals surface area contributed by atoms with Crippen LogP contribution in [0.4, 0.5) is 5.69 Å². The van der Waals surface area contributed by atoms with Gasteiger partial charge in [0.1, 0.15) is 5.65 Å². The van der Waals surface area contributed by atoms with Crippen LogP contribution >= 0.6 is 0 Å². The number of aryl methyl sites for hydroxylation is 2. The lowest BCUT2D eigenvalue weighted by molar-refractivity contribution is 0.102. The quantitative estimate of drug-likeness (QED) is 0.578. The van der Waals surface area contributed by atoms with Crippen molar-refractivity contribution >= 4 is 17.2 Å². The van der Waals surface area contributed by atoms with Gasteiger partial charge in [-0.3, -0.25) is 4.79 Å². The molecule has 2 aromatic carbocycles. The predicted molar refractivity (Wildman–Crippen MR) is 104 cm³/mol. The molecule has 0 saturated carbocycles. The van der Waals surface area contributed by atoms with Crippen molar-refractivity contribution in [2.45, 2.75) is 13.8 Å². The van der Waals surface area contributed by atoms with E-state index in [2.05, 4.69) is 16.4 Å². The van der Waals surface area contributed by atoms with Gasteiger partial charge >= 0.3 is 0 Å². The number of anilines is 1. The molecule has 4 rings (SSSR count). The first kappa shape index (κ1) is 16.1.